The second-order valence-electron chi connectivity index (χ2n) is 9.36. The molecule has 6 rings (SSSR count). The van der Waals surface area contributed by atoms with Crippen LogP contribution in [0.25, 0.3) is 16.8 Å². The van der Waals surface area contributed by atoms with E-state index in [4.69, 9.17) is 0 Å². The van der Waals surface area contributed by atoms with Crippen molar-refractivity contribution in [3.8, 4) is 11.3 Å². The van der Waals surface area contributed by atoms with Crippen molar-refractivity contribution in [3.63, 3.8) is 0 Å². The molecule has 0 saturated carbocycles. The second kappa shape index (κ2) is 9.95. The number of hydrogen-bond donors (Lipinski definition) is 0. The lowest BCUT2D eigenvalue weighted by Gasteiger charge is -2.21. The summed E-state index contributed by atoms with van der Waals surface area (Å²) in [6.45, 7) is 0. The van der Waals surface area contributed by atoms with Crippen molar-refractivity contribution in [2.75, 3.05) is 9.80 Å². The lowest BCUT2D eigenvalue weighted by atomic mass is 9.83. The molecule has 0 radical (unpaired) electrons. The fourth-order valence-corrected chi connectivity index (χ4v) is 5.33. The minimum atomic E-state index is -0.940. The number of para-hydroxylation sites is 2. The van der Waals surface area contributed by atoms with Gasteiger partial charge in [0.1, 0.15) is 0 Å². The zero-order valence-corrected chi connectivity index (χ0v) is 20.9. The molecule has 4 amide bonds. The lowest BCUT2D eigenvalue weighted by Crippen LogP contribution is -2.31. The molecule has 7 heteroatoms. The monoisotopic (exact) mass is 513 g/mol. The van der Waals surface area contributed by atoms with Crippen LogP contribution in [0.1, 0.15) is 18.4 Å². The topological polar surface area (TPSA) is 87.6 Å². The molecule has 7 nitrogen and oxygen atoms in total. The van der Waals surface area contributed by atoms with E-state index in [2.05, 4.69) is 4.98 Å². The molecule has 1 unspecified atom stereocenters. The lowest BCUT2D eigenvalue weighted by molar-refractivity contribution is -0.122. The summed E-state index contributed by atoms with van der Waals surface area (Å²) in [4.78, 5) is 61.1. The molecular weight excluding hydrogens is 490 g/mol. The zero-order valence-electron chi connectivity index (χ0n) is 20.9. The average molecular weight is 514 g/mol. The Morgan fingerprint density at radius 3 is 1.95 bits per heavy atom. The summed E-state index contributed by atoms with van der Waals surface area (Å²) in [5.74, 6) is -2.60. The first-order valence-electron chi connectivity index (χ1n) is 12.6. The molecule has 0 bridgehead atoms. The molecule has 0 N–H and O–H groups in total. The third-order valence-electron chi connectivity index (χ3n) is 7.05. The number of benzene rings is 3. The number of imide groups is 2. The van der Waals surface area contributed by atoms with Gasteiger partial charge in [0.05, 0.1) is 29.4 Å². The van der Waals surface area contributed by atoms with Crippen LogP contribution in [0.5, 0.6) is 0 Å². The number of carbonyl (C=O) groups is 4. The van der Waals surface area contributed by atoms with Crippen molar-refractivity contribution < 1.29 is 19.2 Å². The van der Waals surface area contributed by atoms with Gasteiger partial charge >= 0.3 is 0 Å². The molecule has 39 heavy (non-hydrogen) atoms. The van der Waals surface area contributed by atoms with Gasteiger partial charge in [0.25, 0.3) is 5.91 Å². The van der Waals surface area contributed by atoms with Gasteiger partial charge in [0.2, 0.25) is 17.7 Å². The van der Waals surface area contributed by atoms with E-state index in [0.717, 1.165) is 4.90 Å². The molecule has 2 aliphatic rings. The van der Waals surface area contributed by atoms with Crippen LogP contribution in [0.3, 0.4) is 0 Å². The Morgan fingerprint density at radius 2 is 1.28 bits per heavy atom. The molecule has 3 heterocycles. The number of rotatable bonds is 5. The third kappa shape index (κ3) is 4.24. The van der Waals surface area contributed by atoms with E-state index in [1.165, 1.54) is 4.90 Å². The highest BCUT2D eigenvalue weighted by molar-refractivity contribution is 6.32. The molecule has 1 atom stereocenters. The molecule has 1 aromatic heterocycles. The maximum Gasteiger partial charge on any atom is 0.261 e. The van der Waals surface area contributed by atoms with E-state index >= 15 is 0 Å². The van der Waals surface area contributed by atoms with E-state index in [0.29, 0.717) is 33.8 Å². The van der Waals surface area contributed by atoms with Crippen LogP contribution in [-0.2, 0) is 19.2 Å². The van der Waals surface area contributed by atoms with Gasteiger partial charge in [-0.3, -0.25) is 29.1 Å². The smallest absolute Gasteiger partial charge is 0.261 e. The highest BCUT2D eigenvalue weighted by Crippen LogP contribution is 2.43. The maximum atomic E-state index is 13.9. The van der Waals surface area contributed by atoms with Crippen molar-refractivity contribution in [2.45, 2.75) is 12.8 Å². The van der Waals surface area contributed by atoms with Crippen LogP contribution in [0.15, 0.2) is 115 Å². The first kappa shape index (κ1) is 24.2. The molecule has 3 aromatic carbocycles. The van der Waals surface area contributed by atoms with Crippen molar-refractivity contribution >= 4 is 40.6 Å². The first-order valence-corrected chi connectivity index (χ1v) is 12.6. The van der Waals surface area contributed by atoms with Gasteiger partial charge in [-0.05, 0) is 47.5 Å². The highest BCUT2D eigenvalue weighted by atomic mass is 16.2. The molecule has 190 valence electrons. The molecule has 2 aliphatic heterocycles. The van der Waals surface area contributed by atoms with Crippen molar-refractivity contribution in [2.24, 2.45) is 5.92 Å². The van der Waals surface area contributed by atoms with Crippen LogP contribution in [0.2, 0.25) is 0 Å². The number of pyridine rings is 1. The third-order valence-corrected chi connectivity index (χ3v) is 7.05. The van der Waals surface area contributed by atoms with Gasteiger partial charge < -0.3 is 0 Å². The van der Waals surface area contributed by atoms with Gasteiger partial charge in [0.15, 0.2) is 0 Å². The predicted molar refractivity (Wildman–Crippen MR) is 147 cm³/mol. The van der Waals surface area contributed by atoms with E-state index in [-0.39, 0.29) is 30.2 Å². The van der Waals surface area contributed by atoms with Gasteiger partial charge in [-0.1, -0.05) is 66.7 Å². The number of aromatic nitrogens is 1. The number of nitrogens with zero attached hydrogens (tertiary/aromatic N) is 3. The summed E-state index contributed by atoms with van der Waals surface area (Å²) in [5.41, 5.74) is 3.50. The van der Waals surface area contributed by atoms with Gasteiger partial charge in [0, 0.05) is 23.8 Å². The minimum Gasteiger partial charge on any atom is -0.274 e. The Labute approximate surface area is 225 Å². The quantitative estimate of drug-likeness (QED) is 0.275. The number of hydrogen-bond acceptors (Lipinski definition) is 5. The van der Waals surface area contributed by atoms with Crippen molar-refractivity contribution in [1.29, 1.82) is 0 Å². The summed E-state index contributed by atoms with van der Waals surface area (Å²) < 4.78 is 0. The van der Waals surface area contributed by atoms with E-state index in [1.807, 2.05) is 42.5 Å². The Morgan fingerprint density at radius 1 is 0.667 bits per heavy atom. The van der Waals surface area contributed by atoms with Crippen molar-refractivity contribution in [3.05, 3.63) is 120 Å². The normalized spacial score (nSPS) is 18.7. The van der Waals surface area contributed by atoms with Crippen LogP contribution in [0.4, 0.5) is 11.4 Å². The molecule has 0 aliphatic carbocycles. The van der Waals surface area contributed by atoms with Crippen LogP contribution in [0, 0.1) is 5.92 Å². The Hall–Kier alpha value is -5.17. The maximum absolute atomic E-state index is 13.9. The Bertz CT molecular complexity index is 1630. The van der Waals surface area contributed by atoms with Crippen molar-refractivity contribution in [1.82, 2.24) is 4.98 Å². The summed E-state index contributed by atoms with van der Waals surface area (Å²) in [7, 11) is 0. The largest absolute Gasteiger partial charge is 0.274 e. The molecule has 4 aromatic rings. The molecular formula is C32H23N3O4. The fourth-order valence-electron chi connectivity index (χ4n) is 5.33. The van der Waals surface area contributed by atoms with Gasteiger partial charge in [-0.15, -0.1) is 0 Å². The molecule has 2 fully saturated rings. The van der Waals surface area contributed by atoms with E-state index < -0.39 is 17.7 Å². The molecule has 2 saturated heterocycles. The Balaban J connectivity index is 1.55. The predicted octanol–water partition coefficient (Wildman–Crippen LogP) is 5.05. The molecule has 0 spiro atoms. The van der Waals surface area contributed by atoms with Crippen LogP contribution in [-0.4, -0.2) is 28.6 Å². The summed E-state index contributed by atoms with van der Waals surface area (Å²) in [6.07, 6.45) is 1.38. The van der Waals surface area contributed by atoms with Gasteiger partial charge in [-0.25, -0.2) is 4.90 Å². The second-order valence-corrected chi connectivity index (χ2v) is 9.36. The SMILES string of the molecule is O=C1C/C(=C(\c2ccccc2-c2ccccn2)C2CC(=O)N(c3ccccc3)C2=O)C(=O)N1c1ccccc1. The summed E-state index contributed by atoms with van der Waals surface area (Å²) in [6, 6.07) is 30.3. The zero-order chi connectivity index (χ0) is 26.9. The van der Waals surface area contributed by atoms with Crippen LogP contribution < -0.4 is 9.80 Å². The number of amides is 4. The fraction of sp³-hybridized carbons (Fsp3) is 0.0938. The minimum absolute atomic E-state index is 0.115. The number of anilines is 2. The van der Waals surface area contributed by atoms with E-state index in [9.17, 15) is 19.2 Å². The summed E-state index contributed by atoms with van der Waals surface area (Å²) in [5, 5.41) is 0. The average Bonchev–Trinajstić information content (AvgIpc) is 3.44. The van der Waals surface area contributed by atoms with Crippen LogP contribution >= 0.6 is 0 Å². The highest BCUT2D eigenvalue weighted by Gasteiger charge is 2.46. The summed E-state index contributed by atoms with van der Waals surface area (Å²) >= 11 is 0. The van der Waals surface area contributed by atoms with E-state index in [1.54, 1.807) is 66.9 Å². The standard InChI is InChI=1S/C32H23N3O4/c36-28-19-25(31(38)34(28)21-11-3-1-4-12-21)30(24-16-8-7-15-23(24)27-17-9-10-18-33-27)26-20-29(37)35(32(26)39)22-13-5-2-6-14-22/h1-18,25H,19-20H2/b30-26-. The van der Waals surface area contributed by atoms with Gasteiger partial charge in [-0.2, -0.15) is 0 Å². The Kier molecular flexibility index (Phi) is 6.17. The first-order chi connectivity index (χ1) is 19.0. The number of carbonyl (C=O) groups excluding carboxylic acids is 4.